The molecule has 0 aromatic heterocycles. The number of amides is 1. The molecule has 1 aliphatic heterocycles. The number of hydrogen-bond acceptors (Lipinski definition) is 2. The summed E-state index contributed by atoms with van der Waals surface area (Å²) >= 11 is 0. The van der Waals surface area contributed by atoms with E-state index in [-0.39, 0.29) is 5.91 Å². The first-order valence-corrected chi connectivity index (χ1v) is 7.21. The van der Waals surface area contributed by atoms with Crippen molar-refractivity contribution < 1.29 is 4.79 Å². The Labute approximate surface area is 115 Å². The zero-order valence-electron chi connectivity index (χ0n) is 11.9. The lowest BCUT2D eigenvalue weighted by Gasteiger charge is -2.39. The van der Waals surface area contributed by atoms with Gasteiger partial charge in [-0.2, -0.15) is 0 Å². The SMILES string of the molecule is C[C@@H]1CCC[C@H](C)N1C(=O)Cc1ccc(CN)cc1. The van der Waals surface area contributed by atoms with Gasteiger partial charge in [-0.3, -0.25) is 4.79 Å². The summed E-state index contributed by atoms with van der Waals surface area (Å²) in [5, 5.41) is 0. The van der Waals surface area contributed by atoms with Crippen molar-refractivity contribution in [2.75, 3.05) is 0 Å². The third-order valence-electron chi connectivity index (χ3n) is 4.10. The highest BCUT2D eigenvalue weighted by Crippen LogP contribution is 2.23. The van der Waals surface area contributed by atoms with Gasteiger partial charge in [-0.1, -0.05) is 24.3 Å². The van der Waals surface area contributed by atoms with E-state index in [0.29, 0.717) is 25.0 Å². The van der Waals surface area contributed by atoms with Crippen LogP contribution in [0.25, 0.3) is 0 Å². The number of likely N-dealkylation sites (tertiary alicyclic amines) is 1. The summed E-state index contributed by atoms with van der Waals surface area (Å²) in [6, 6.07) is 8.79. The van der Waals surface area contributed by atoms with E-state index in [0.717, 1.165) is 24.0 Å². The average molecular weight is 260 g/mol. The van der Waals surface area contributed by atoms with Crippen LogP contribution in [0.5, 0.6) is 0 Å². The largest absolute Gasteiger partial charge is 0.337 e. The van der Waals surface area contributed by atoms with Crippen LogP contribution in [-0.4, -0.2) is 22.9 Å². The number of nitrogens with two attached hydrogens (primary N) is 1. The van der Waals surface area contributed by atoms with Crippen LogP contribution in [0.1, 0.15) is 44.2 Å². The van der Waals surface area contributed by atoms with Gasteiger partial charge in [-0.25, -0.2) is 0 Å². The smallest absolute Gasteiger partial charge is 0.227 e. The Morgan fingerprint density at radius 1 is 1.16 bits per heavy atom. The Hall–Kier alpha value is -1.35. The second-order valence-corrected chi connectivity index (χ2v) is 5.63. The monoisotopic (exact) mass is 260 g/mol. The van der Waals surface area contributed by atoms with Gasteiger partial charge in [0.25, 0.3) is 0 Å². The van der Waals surface area contributed by atoms with E-state index in [9.17, 15) is 4.79 Å². The van der Waals surface area contributed by atoms with Crippen LogP contribution >= 0.6 is 0 Å². The van der Waals surface area contributed by atoms with Crippen molar-refractivity contribution in [2.45, 2.75) is 58.2 Å². The summed E-state index contributed by atoms with van der Waals surface area (Å²) in [7, 11) is 0. The number of carbonyl (C=O) groups is 1. The van der Waals surface area contributed by atoms with E-state index in [2.05, 4.69) is 18.7 Å². The van der Waals surface area contributed by atoms with Gasteiger partial charge < -0.3 is 10.6 Å². The molecule has 2 atom stereocenters. The Morgan fingerprint density at radius 3 is 2.21 bits per heavy atom. The summed E-state index contributed by atoms with van der Waals surface area (Å²) < 4.78 is 0. The van der Waals surface area contributed by atoms with Crippen molar-refractivity contribution in [1.82, 2.24) is 4.90 Å². The molecule has 1 heterocycles. The molecule has 0 saturated carbocycles. The van der Waals surface area contributed by atoms with E-state index >= 15 is 0 Å². The maximum Gasteiger partial charge on any atom is 0.227 e. The minimum atomic E-state index is 0.250. The third-order valence-corrected chi connectivity index (χ3v) is 4.10. The second kappa shape index (κ2) is 6.20. The third kappa shape index (κ3) is 3.35. The van der Waals surface area contributed by atoms with Crippen LogP contribution in [0.4, 0.5) is 0 Å². The number of carbonyl (C=O) groups excluding carboxylic acids is 1. The van der Waals surface area contributed by atoms with Gasteiger partial charge >= 0.3 is 0 Å². The molecule has 1 saturated heterocycles. The molecular formula is C16H24N2O. The van der Waals surface area contributed by atoms with Crippen molar-refractivity contribution in [3.05, 3.63) is 35.4 Å². The molecule has 1 aliphatic rings. The Bertz CT molecular complexity index is 417. The lowest BCUT2D eigenvalue weighted by atomic mass is 9.96. The summed E-state index contributed by atoms with van der Waals surface area (Å²) in [5.41, 5.74) is 7.76. The fourth-order valence-corrected chi connectivity index (χ4v) is 2.97. The maximum atomic E-state index is 12.4. The number of piperidine rings is 1. The van der Waals surface area contributed by atoms with Crippen molar-refractivity contribution in [3.63, 3.8) is 0 Å². The standard InChI is InChI=1S/C16H24N2O/c1-12-4-3-5-13(2)18(12)16(19)10-14-6-8-15(11-17)9-7-14/h6-9,12-13H,3-5,10-11,17H2,1-2H3/t12-,13+. The van der Waals surface area contributed by atoms with E-state index in [1.54, 1.807) is 0 Å². The molecule has 0 spiro atoms. The highest BCUT2D eigenvalue weighted by molar-refractivity contribution is 5.79. The van der Waals surface area contributed by atoms with Gasteiger partial charge in [-0.05, 0) is 44.2 Å². The fraction of sp³-hybridized carbons (Fsp3) is 0.562. The summed E-state index contributed by atoms with van der Waals surface area (Å²) in [4.78, 5) is 14.5. The van der Waals surface area contributed by atoms with Crippen molar-refractivity contribution in [1.29, 1.82) is 0 Å². The topological polar surface area (TPSA) is 46.3 Å². The molecule has 2 N–H and O–H groups in total. The second-order valence-electron chi connectivity index (χ2n) is 5.63. The highest BCUT2D eigenvalue weighted by atomic mass is 16.2. The molecule has 3 nitrogen and oxygen atoms in total. The maximum absolute atomic E-state index is 12.4. The van der Waals surface area contributed by atoms with Crippen molar-refractivity contribution in [3.8, 4) is 0 Å². The lowest BCUT2D eigenvalue weighted by Crippen LogP contribution is -2.48. The average Bonchev–Trinajstić information content (AvgIpc) is 2.39. The van der Waals surface area contributed by atoms with E-state index in [1.165, 1.54) is 6.42 Å². The molecule has 0 unspecified atom stereocenters. The normalized spacial score (nSPS) is 23.4. The number of benzene rings is 1. The molecule has 2 rings (SSSR count). The molecule has 0 bridgehead atoms. The Balaban J connectivity index is 2.02. The Kier molecular flexibility index (Phi) is 4.59. The van der Waals surface area contributed by atoms with Crippen LogP contribution in [0, 0.1) is 0 Å². The van der Waals surface area contributed by atoms with E-state index < -0.39 is 0 Å². The fourth-order valence-electron chi connectivity index (χ4n) is 2.97. The summed E-state index contributed by atoms with van der Waals surface area (Å²) in [6.45, 7) is 4.87. The first-order valence-electron chi connectivity index (χ1n) is 7.21. The molecule has 19 heavy (non-hydrogen) atoms. The van der Waals surface area contributed by atoms with Crippen LogP contribution in [0.3, 0.4) is 0 Å². The van der Waals surface area contributed by atoms with Gasteiger partial charge in [0.05, 0.1) is 6.42 Å². The first-order chi connectivity index (χ1) is 9.11. The van der Waals surface area contributed by atoms with Gasteiger partial charge in [-0.15, -0.1) is 0 Å². The minimum Gasteiger partial charge on any atom is -0.337 e. The van der Waals surface area contributed by atoms with Gasteiger partial charge in [0.1, 0.15) is 0 Å². The summed E-state index contributed by atoms with van der Waals surface area (Å²) in [5.74, 6) is 0.250. The molecule has 0 aliphatic carbocycles. The Morgan fingerprint density at radius 2 is 1.68 bits per heavy atom. The lowest BCUT2D eigenvalue weighted by molar-refractivity contribution is -0.136. The highest BCUT2D eigenvalue weighted by Gasteiger charge is 2.28. The predicted molar refractivity (Wildman–Crippen MR) is 77.7 cm³/mol. The number of rotatable bonds is 3. The van der Waals surface area contributed by atoms with Crippen LogP contribution in [0.2, 0.25) is 0 Å². The van der Waals surface area contributed by atoms with Crippen molar-refractivity contribution >= 4 is 5.91 Å². The van der Waals surface area contributed by atoms with E-state index in [4.69, 9.17) is 5.73 Å². The van der Waals surface area contributed by atoms with Gasteiger partial charge in [0.15, 0.2) is 0 Å². The molecule has 3 heteroatoms. The molecule has 1 aromatic carbocycles. The van der Waals surface area contributed by atoms with Crippen LogP contribution in [0.15, 0.2) is 24.3 Å². The molecular weight excluding hydrogens is 236 g/mol. The van der Waals surface area contributed by atoms with E-state index in [1.807, 2.05) is 24.3 Å². The quantitative estimate of drug-likeness (QED) is 0.907. The zero-order valence-corrected chi connectivity index (χ0v) is 11.9. The predicted octanol–water partition coefficient (Wildman–Crippen LogP) is 2.48. The molecule has 1 fully saturated rings. The number of nitrogens with zero attached hydrogens (tertiary/aromatic N) is 1. The van der Waals surface area contributed by atoms with Gasteiger partial charge in [0.2, 0.25) is 5.91 Å². The van der Waals surface area contributed by atoms with Crippen LogP contribution in [-0.2, 0) is 17.8 Å². The molecule has 1 amide bonds. The summed E-state index contributed by atoms with van der Waals surface area (Å²) in [6.07, 6.45) is 3.99. The van der Waals surface area contributed by atoms with Gasteiger partial charge in [0, 0.05) is 18.6 Å². The van der Waals surface area contributed by atoms with Crippen molar-refractivity contribution in [2.24, 2.45) is 5.73 Å². The zero-order chi connectivity index (χ0) is 13.8. The molecule has 0 radical (unpaired) electrons. The first kappa shape index (κ1) is 14.1. The molecule has 104 valence electrons. The number of hydrogen-bond donors (Lipinski definition) is 1. The van der Waals surface area contributed by atoms with Crippen LogP contribution < -0.4 is 5.73 Å². The molecule has 1 aromatic rings. The minimum absolute atomic E-state index is 0.250.